The summed E-state index contributed by atoms with van der Waals surface area (Å²) in [6, 6.07) is 5.90. The van der Waals surface area contributed by atoms with Crippen molar-refractivity contribution in [3.63, 3.8) is 0 Å². The van der Waals surface area contributed by atoms with Crippen molar-refractivity contribution in [1.29, 1.82) is 0 Å². The van der Waals surface area contributed by atoms with Gasteiger partial charge in [-0.3, -0.25) is 9.59 Å². The first-order valence-electron chi connectivity index (χ1n) is 7.01. The number of benzene rings is 1. The van der Waals surface area contributed by atoms with Crippen molar-refractivity contribution in [3.05, 3.63) is 29.3 Å². The van der Waals surface area contributed by atoms with Crippen LogP contribution < -0.4 is 4.90 Å². The summed E-state index contributed by atoms with van der Waals surface area (Å²) in [5, 5.41) is 9.09. The van der Waals surface area contributed by atoms with Gasteiger partial charge in [0.15, 0.2) is 0 Å². The summed E-state index contributed by atoms with van der Waals surface area (Å²) in [6.45, 7) is 5.83. The van der Waals surface area contributed by atoms with Crippen LogP contribution in [0.1, 0.15) is 30.9 Å². The molecule has 108 valence electrons. The largest absolute Gasteiger partial charge is 0.481 e. The second kappa shape index (κ2) is 5.65. The average molecular weight is 275 g/mol. The normalized spacial score (nSPS) is 15.8. The van der Waals surface area contributed by atoms with Crippen LogP contribution in [-0.2, 0) is 9.59 Å². The number of rotatable bonds is 5. The molecule has 0 aromatic heterocycles. The lowest BCUT2D eigenvalue weighted by Crippen LogP contribution is -2.38. The van der Waals surface area contributed by atoms with Crippen LogP contribution in [0.4, 0.5) is 5.69 Å². The topological polar surface area (TPSA) is 57.6 Å². The second-order valence-electron chi connectivity index (χ2n) is 5.75. The molecule has 1 aliphatic carbocycles. The highest BCUT2D eigenvalue weighted by Crippen LogP contribution is 2.34. The third kappa shape index (κ3) is 3.18. The van der Waals surface area contributed by atoms with E-state index in [0.29, 0.717) is 0 Å². The fourth-order valence-electron chi connectivity index (χ4n) is 2.32. The van der Waals surface area contributed by atoms with Gasteiger partial charge in [0.2, 0.25) is 5.91 Å². The van der Waals surface area contributed by atoms with Crippen molar-refractivity contribution >= 4 is 17.6 Å². The number of carbonyl (C=O) groups excluding carboxylic acids is 1. The third-order valence-electron chi connectivity index (χ3n) is 3.71. The maximum atomic E-state index is 12.4. The molecule has 1 unspecified atom stereocenters. The fourth-order valence-corrected chi connectivity index (χ4v) is 2.32. The molecular formula is C16H21NO3. The van der Waals surface area contributed by atoms with Gasteiger partial charge in [-0.25, -0.2) is 0 Å². The smallest absolute Gasteiger partial charge is 0.308 e. The third-order valence-corrected chi connectivity index (χ3v) is 3.71. The maximum absolute atomic E-state index is 12.4. The van der Waals surface area contributed by atoms with Gasteiger partial charge in [-0.05, 0) is 38.3 Å². The molecule has 1 aromatic rings. The van der Waals surface area contributed by atoms with Crippen molar-refractivity contribution in [2.24, 2.45) is 11.8 Å². The van der Waals surface area contributed by atoms with Crippen molar-refractivity contribution < 1.29 is 14.7 Å². The van der Waals surface area contributed by atoms with Gasteiger partial charge in [-0.1, -0.05) is 24.6 Å². The summed E-state index contributed by atoms with van der Waals surface area (Å²) < 4.78 is 0. The average Bonchev–Trinajstić information content (AvgIpc) is 3.19. The molecule has 4 heteroatoms. The van der Waals surface area contributed by atoms with Crippen LogP contribution >= 0.6 is 0 Å². The van der Waals surface area contributed by atoms with E-state index in [1.54, 1.807) is 11.8 Å². The Labute approximate surface area is 119 Å². The molecule has 1 saturated carbocycles. The van der Waals surface area contributed by atoms with E-state index in [4.69, 9.17) is 5.11 Å². The molecule has 0 spiro atoms. The van der Waals surface area contributed by atoms with Gasteiger partial charge in [-0.15, -0.1) is 0 Å². The molecule has 0 bridgehead atoms. The Kier molecular flexibility index (Phi) is 4.12. The molecule has 0 saturated heterocycles. The van der Waals surface area contributed by atoms with Crippen LogP contribution in [0.2, 0.25) is 0 Å². The minimum Gasteiger partial charge on any atom is -0.481 e. The Morgan fingerprint density at radius 1 is 1.35 bits per heavy atom. The Hall–Kier alpha value is -1.84. The SMILES string of the molecule is Cc1ccc(N(CC(C)C(=O)O)C(=O)C2CC2)c(C)c1. The molecule has 0 radical (unpaired) electrons. The van der Waals surface area contributed by atoms with E-state index in [1.807, 2.05) is 32.0 Å². The summed E-state index contributed by atoms with van der Waals surface area (Å²) in [5.41, 5.74) is 2.98. The van der Waals surface area contributed by atoms with Crippen LogP contribution in [-0.4, -0.2) is 23.5 Å². The van der Waals surface area contributed by atoms with E-state index in [0.717, 1.165) is 29.7 Å². The number of hydrogen-bond acceptors (Lipinski definition) is 2. The number of carboxylic acid groups (broad SMARTS) is 1. The van der Waals surface area contributed by atoms with Crippen LogP contribution in [0.3, 0.4) is 0 Å². The van der Waals surface area contributed by atoms with Crippen molar-refractivity contribution in [2.75, 3.05) is 11.4 Å². The number of aliphatic carboxylic acids is 1. The van der Waals surface area contributed by atoms with Crippen LogP contribution in [0.15, 0.2) is 18.2 Å². The monoisotopic (exact) mass is 275 g/mol. The highest BCUT2D eigenvalue weighted by molar-refractivity contribution is 5.97. The second-order valence-corrected chi connectivity index (χ2v) is 5.75. The minimum atomic E-state index is -0.872. The van der Waals surface area contributed by atoms with E-state index in [2.05, 4.69) is 0 Å². The molecule has 1 aromatic carbocycles. The molecule has 20 heavy (non-hydrogen) atoms. The Bertz CT molecular complexity index is 535. The zero-order valence-corrected chi connectivity index (χ0v) is 12.2. The van der Waals surface area contributed by atoms with E-state index in [9.17, 15) is 9.59 Å². The number of carbonyl (C=O) groups is 2. The van der Waals surface area contributed by atoms with Gasteiger partial charge in [0, 0.05) is 18.2 Å². The lowest BCUT2D eigenvalue weighted by molar-refractivity contribution is -0.140. The maximum Gasteiger partial charge on any atom is 0.308 e. The lowest BCUT2D eigenvalue weighted by atomic mass is 10.1. The van der Waals surface area contributed by atoms with Gasteiger partial charge in [0.1, 0.15) is 0 Å². The highest BCUT2D eigenvalue weighted by atomic mass is 16.4. The molecule has 1 aliphatic rings. The summed E-state index contributed by atoms with van der Waals surface area (Å²) >= 11 is 0. The van der Waals surface area contributed by atoms with Gasteiger partial charge < -0.3 is 10.0 Å². The molecule has 2 rings (SSSR count). The Morgan fingerprint density at radius 3 is 2.50 bits per heavy atom. The van der Waals surface area contributed by atoms with E-state index >= 15 is 0 Å². The summed E-state index contributed by atoms with van der Waals surface area (Å²) in [6.07, 6.45) is 1.84. The molecule has 1 fully saturated rings. The predicted octanol–water partition coefficient (Wildman–Crippen LogP) is 2.77. The zero-order valence-electron chi connectivity index (χ0n) is 12.2. The number of anilines is 1. The number of hydrogen-bond donors (Lipinski definition) is 1. The van der Waals surface area contributed by atoms with Crippen molar-refractivity contribution in [1.82, 2.24) is 0 Å². The first kappa shape index (κ1) is 14.6. The number of nitrogens with zero attached hydrogens (tertiary/aromatic N) is 1. The molecule has 4 nitrogen and oxygen atoms in total. The molecule has 0 heterocycles. The van der Waals surface area contributed by atoms with Crippen molar-refractivity contribution in [3.8, 4) is 0 Å². The first-order valence-corrected chi connectivity index (χ1v) is 7.01. The molecular weight excluding hydrogens is 254 g/mol. The highest BCUT2D eigenvalue weighted by Gasteiger charge is 2.35. The number of amides is 1. The van der Waals surface area contributed by atoms with Crippen LogP contribution in [0, 0.1) is 25.7 Å². The number of carboxylic acids is 1. The summed E-state index contributed by atoms with van der Waals surface area (Å²) in [5.74, 6) is -1.30. The van der Waals surface area contributed by atoms with Gasteiger partial charge in [0.25, 0.3) is 0 Å². The summed E-state index contributed by atoms with van der Waals surface area (Å²) in [4.78, 5) is 25.2. The lowest BCUT2D eigenvalue weighted by Gasteiger charge is -2.26. The van der Waals surface area contributed by atoms with E-state index in [1.165, 1.54) is 0 Å². The molecule has 0 aliphatic heterocycles. The van der Waals surface area contributed by atoms with Gasteiger partial charge in [-0.2, -0.15) is 0 Å². The zero-order chi connectivity index (χ0) is 14.9. The van der Waals surface area contributed by atoms with Crippen LogP contribution in [0.5, 0.6) is 0 Å². The van der Waals surface area contributed by atoms with E-state index in [-0.39, 0.29) is 18.4 Å². The Morgan fingerprint density at radius 2 is 2.00 bits per heavy atom. The first-order chi connectivity index (χ1) is 9.40. The Balaban J connectivity index is 2.29. The van der Waals surface area contributed by atoms with Gasteiger partial charge in [0.05, 0.1) is 5.92 Å². The van der Waals surface area contributed by atoms with E-state index < -0.39 is 11.9 Å². The standard InChI is InChI=1S/C16H21NO3/c1-10-4-7-14(11(2)8-10)17(9-12(3)16(19)20)15(18)13-5-6-13/h4,7-8,12-13H,5-6,9H2,1-3H3,(H,19,20). The number of aryl methyl sites for hydroxylation is 2. The molecule has 1 amide bonds. The quantitative estimate of drug-likeness (QED) is 0.899. The van der Waals surface area contributed by atoms with Crippen LogP contribution in [0.25, 0.3) is 0 Å². The van der Waals surface area contributed by atoms with Gasteiger partial charge >= 0.3 is 5.97 Å². The fraction of sp³-hybridized carbons (Fsp3) is 0.500. The molecule has 1 atom stereocenters. The minimum absolute atomic E-state index is 0.0602. The molecule has 1 N–H and O–H groups in total. The van der Waals surface area contributed by atoms with Crippen molar-refractivity contribution in [2.45, 2.75) is 33.6 Å². The summed E-state index contributed by atoms with van der Waals surface area (Å²) in [7, 11) is 0. The predicted molar refractivity (Wildman–Crippen MR) is 77.8 cm³/mol.